The first-order valence-electron chi connectivity index (χ1n) is 13.0. The van der Waals surface area contributed by atoms with Crippen LogP contribution in [0.4, 0.5) is 16.2 Å². The van der Waals surface area contributed by atoms with Crippen LogP contribution in [0.5, 0.6) is 0 Å². The molecule has 202 valence electrons. The number of aromatic nitrogens is 1. The van der Waals surface area contributed by atoms with Gasteiger partial charge in [0.2, 0.25) is 11.8 Å². The Balaban J connectivity index is 1.33. The first kappa shape index (κ1) is 26.4. The van der Waals surface area contributed by atoms with Crippen LogP contribution in [0.3, 0.4) is 0 Å². The molecule has 2 heterocycles. The van der Waals surface area contributed by atoms with Gasteiger partial charge < -0.3 is 20.5 Å². The number of rotatable bonds is 8. The summed E-state index contributed by atoms with van der Waals surface area (Å²) in [6.07, 6.45) is 4.07. The highest BCUT2D eigenvalue weighted by molar-refractivity contribution is 6.16. The largest absolute Gasteiger partial charge is 0.337 e. The third-order valence-electron chi connectivity index (χ3n) is 6.70. The number of amides is 5. The zero-order chi connectivity index (χ0) is 28.2. The maximum Gasteiger partial charge on any atom is 0.329 e. The molecule has 0 radical (unpaired) electrons. The molecule has 3 N–H and O–H groups in total. The van der Waals surface area contributed by atoms with E-state index in [0.717, 1.165) is 33.4 Å². The average molecular weight is 536 g/mol. The molecule has 0 bridgehead atoms. The maximum atomic E-state index is 13.1. The molecule has 0 atom stereocenters. The summed E-state index contributed by atoms with van der Waals surface area (Å²) in [6.45, 7) is 3.60. The molecule has 1 saturated heterocycles. The minimum atomic E-state index is -0.670. The minimum absolute atomic E-state index is 0.0544. The molecule has 4 aromatic rings. The predicted molar refractivity (Wildman–Crippen MR) is 154 cm³/mol. The van der Waals surface area contributed by atoms with Gasteiger partial charge >= 0.3 is 6.03 Å². The van der Waals surface area contributed by atoms with Crippen molar-refractivity contribution >= 4 is 52.1 Å². The Morgan fingerprint density at radius 2 is 1.57 bits per heavy atom. The molecule has 0 spiro atoms. The van der Waals surface area contributed by atoms with Crippen molar-refractivity contribution in [1.82, 2.24) is 14.8 Å². The Hall–Kier alpha value is -5.18. The fourth-order valence-corrected chi connectivity index (χ4v) is 4.67. The van der Waals surface area contributed by atoms with Crippen LogP contribution in [-0.2, 0) is 27.3 Å². The highest BCUT2D eigenvalue weighted by Crippen LogP contribution is 2.25. The standard InChI is InChI=1S/C31H29N5O4/c1-3-21-8-4-6-10-25(21)33-29(38)19-36-30(39)26(34-31(36)40)16-22-17-35(27-11-7-5-9-24(22)27)18-28(37)32-23-14-12-20(2)13-15-23/h4-17H,3,18-19H2,1-2H3,(H,32,37)(H,33,38)(H,34,40)/b26-16+. The van der Waals surface area contributed by atoms with Gasteiger partial charge in [-0.1, -0.05) is 61.0 Å². The lowest BCUT2D eigenvalue weighted by Gasteiger charge is -2.13. The van der Waals surface area contributed by atoms with Gasteiger partial charge in [-0.2, -0.15) is 0 Å². The summed E-state index contributed by atoms with van der Waals surface area (Å²) in [4.78, 5) is 52.1. The van der Waals surface area contributed by atoms with E-state index in [9.17, 15) is 19.2 Å². The molecule has 9 nitrogen and oxygen atoms in total. The molecule has 9 heteroatoms. The average Bonchev–Trinajstić information content (AvgIpc) is 3.41. The van der Waals surface area contributed by atoms with Crippen LogP contribution in [0.25, 0.3) is 17.0 Å². The van der Waals surface area contributed by atoms with Crippen LogP contribution >= 0.6 is 0 Å². The number of nitrogens with zero attached hydrogens (tertiary/aromatic N) is 2. The normalized spacial score (nSPS) is 14.1. The van der Waals surface area contributed by atoms with Crippen LogP contribution < -0.4 is 16.0 Å². The molecular weight excluding hydrogens is 506 g/mol. The van der Waals surface area contributed by atoms with Crippen molar-refractivity contribution < 1.29 is 19.2 Å². The number of hydrogen-bond acceptors (Lipinski definition) is 4. The molecule has 3 aromatic carbocycles. The summed E-state index contributed by atoms with van der Waals surface area (Å²) in [5.74, 6) is -1.27. The fourth-order valence-electron chi connectivity index (χ4n) is 4.67. The van der Waals surface area contributed by atoms with Crippen molar-refractivity contribution in [2.24, 2.45) is 0 Å². The van der Waals surface area contributed by atoms with Gasteiger partial charge in [0.25, 0.3) is 5.91 Å². The van der Waals surface area contributed by atoms with Gasteiger partial charge in [-0.3, -0.25) is 14.4 Å². The van der Waals surface area contributed by atoms with E-state index >= 15 is 0 Å². The van der Waals surface area contributed by atoms with Crippen molar-refractivity contribution in [3.63, 3.8) is 0 Å². The first-order valence-corrected chi connectivity index (χ1v) is 13.0. The predicted octanol–water partition coefficient (Wildman–Crippen LogP) is 4.68. The van der Waals surface area contributed by atoms with E-state index in [2.05, 4.69) is 16.0 Å². The number of para-hydroxylation sites is 2. The van der Waals surface area contributed by atoms with Gasteiger partial charge in [0.05, 0.1) is 0 Å². The third-order valence-corrected chi connectivity index (χ3v) is 6.70. The van der Waals surface area contributed by atoms with Gasteiger partial charge in [-0.25, -0.2) is 9.69 Å². The number of hydrogen-bond donors (Lipinski definition) is 3. The summed E-state index contributed by atoms with van der Waals surface area (Å²) >= 11 is 0. The lowest BCUT2D eigenvalue weighted by atomic mass is 10.1. The lowest BCUT2D eigenvalue weighted by molar-refractivity contribution is -0.127. The number of fused-ring (bicyclic) bond motifs is 1. The molecule has 0 saturated carbocycles. The van der Waals surface area contributed by atoms with Gasteiger partial charge in [0.15, 0.2) is 0 Å². The van der Waals surface area contributed by atoms with E-state index in [1.807, 2.05) is 80.6 Å². The van der Waals surface area contributed by atoms with Crippen LogP contribution in [0.2, 0.25) is 0 Å². The second-order valence-electron chi connectivity index (χ2n) is 9.58. The number of carbonyl (C=O) groups is 4. The minimum Gasteiger partial charge on any atom is -0.337 e. The molecular formula is C31H29N5O4. The summed E-state index contributed by atoms with van der Waals surface area (Å²) < 4.78 is 1.79. The van der Waals surface area contributed by atoms with Gasteiger partial charge in [0.1, 0.15) is 18.8 Å². The highest BCUT2D eigenvalue weighted by atomic mass is 16.2. The Kier molecular flexibility index (Phi) is 7.46. The van der Waals surface area contributed by atoms with Crippen molar-refractivity contribution in [1.29, 1.82) is 0 Å². The van der Waals surface area contributed by atoms with E-state index in [4.69, 9.17) is 0 Å². The Bertz CT molecular complexity index is 1650. The van der Waals surface area contributed by atoms with Crippen LogP contribution in [-0.4, -0.2) is 39.8 Å². The molecule has 5 amide bonds. The molecule has 1 aromatic heterocycles. The molecule has 40 heavy (non-hydrogen) atoms. The third kappa shape index (κ3) is 5.63. The second kappa shape index (κ2) is 11.3. The highest BCUT2D eigenvalue weighted by Gasteiger charge is 2.35. The van der Waals surface area contributed by atoms with Crippen LogP contribution in [0, 0.1) is 6.92 Å². The van der Waals surface area contributed by atoms with Crippen LogP contribution in [0.1, 0.15) is 23.6 Å². The van der Waals surface area contributed by atoms with Crippen molar-refractivity contribution in [2.45, 2.75) is 26.8 Å². The second-order valence-corrected chi connectivity index (χ2v) is 9.58. The summed E-state index contributed by atoms with van der Waals surface area (Å²) in [6, 6.07) is 21.8. The number of imide groups is 1. The topological polar surface area (TPSA) is 113 Å². The van der Waals surface area contributed by atoms with E-state index in [1.165, 1.54) is 0 Å². The molecule has 5 rings (SSSR count). The van der Waals surface area contributed by atoms with Crippen LogP contribution in [0.15, 0.2) is 84.7 Å². The van der Waals surface area contributed by atoms with Gasteiger partial charge in [-0.05, 0) is 49.2 Å². The lowest BCUT2D eigenvalue weighted by Crippen LogP contribution is -2.38. The molecule has 1 aliphatic heterocycles. The number of carbonyl (C=O) groups excluding carboxylic acids is 4. The zero-order valence-electron chi connectivity index (χ0n) is 22.2. The Labute approximate surface area is 231 Å². The van der Waals surface area contributed by atoms with Gasteiger partial charge in [0, 0.05) is 34.0 Å². The summed E-state index contributed by atoms with van der Waals surface area (Å²) in [5.41, 5.74) is 4.92. The van der Waals surface area contributed by atoms with Gasteiger partial charge in [-0.15, -0.1) is 0 Å². The van der Waals surface area contributed by atoms with E-state index < -0.39 is 24.4 Å². The molecule has 0 aliphatic carbocycles. The van der Waals surface area contributed by atoms with E-state index in [1.54, 1.807) is 22.9 Å². The number of urea groups is 1. The summed E-state index contributed by atoms with van der Waals surface area (Å²) in [5, 5.41) is 9.07. The number of anilines is 2. The quantitative estimate of drug-likeness (QED) is 0.225. The monoisotopic (exact) mass is 535 g/mol. The van der Waals surface area contributed by atoms with Crippen molar-refractivity contribution in [3.05, 3.63) is 101 Å². The zero-order valence-corrected chi connectivity index (χ0v) is 22.2. The smallest absolute Gasteiger partial charge is 0.329 e. The Morgan fingerprint density at radius 3 is 2.35 bits per heavy atom. The SMILES string of the molecule is CCc1ccccc1NC(=O)CN1C(=O)N/C(=C/c2cn(CC(=O)Nc3ccc(C)cc3)c3ccccc23)C1=O. The molecule has 1 aliphatic rings. The number of nitrogens with one attached hydrogen (secondary N) is 3. The maximum absolute atomic E-state index is 13.1. The van der Waals surface area contributed by atoms with Crippen molar-refractivity contribution in [3.8, 4) is 0 Å². The summed E-state index contributed by atoms with van der Waals surface area (Å²) in [7, 11) is 0. The van der Waals surface area contributed by atoms with Crippen molar-refractivity contribution in [2.75, 3.05) is 17.2 Å². The first-order chi connectivity index (χ1) is 19.3. The van der Waals surface area contributed by atoms with E-state index in [0.29, 0.717) is 16.9 Å². The molecule has 1 fully saturated rings. The molecule has 0 unspecified atom stereocenters. The Morgan fingerprint density at radius 1 is 0.875 bits per heavy atom. The number of benzene rings is 3. The number of aryl methyl sites for hydroxylation is 2. The fraction of sp³-hybridized carbons (Fsp3) is 0.161. The van der Waals surface area contributed by atoms with E-state index in [-0.39, 0.29) is 18.1 Å².